The van der Waals surface area contributed by atoms with Crippen LogP contribution in [0.1, 0.15) is 35.8 Å². The van der Waals surface area contributed by atoms with Crippen LogP contribution in [0.25, 0.3) is 11.3 Å². The van der Waals surface area contributed by atoms with Gasteiger partial charge < -0.3 is 0 Å². The van der Waals surface area contributed by atoms with Gasteiger partial charge in [0.15, 0.2) is 6.29 Å². The maximum atomic E-state index is 12.9. The van der Waals surface area contributed by atoms with E-state index in [0.29, 0.717) is 28.8 Å². The molecule has 0 amide bonds. The highest BCUT2D eigenvalue weighted by atomic mass is 35.5. The molecule has 3 nitrogen and oxygen atoms in total. The number of benzene rings is 1. The number of aldehydes is 1. The van der Waals surface area contributed by atoms with Gasteiger partial charge in [-0.3, -0.25) is 4.79 Å². The van der Waals surface area contributed by atoms with Crippen LogP contribution < -0.4 is 0 Å². The fourth-order valence-corrected chi connectivity index (χ4v) is 2.02. The SMILES string of the molecule is CC(C)c1nc(Cl)nc(-c2ccc(F)cc2)c1C=O. The largest absolute Gasteiger partial charge is 0.298 e. The van der Waals surface area contributed by atoms with Crippen molar-refractivity contribution < 1.29 is 9.18 Å². The van der Waals surface area contributed by atoms with Crippen molar-refractivity contribution in [2.24, 2.45) is 0 Å². The van der Waals surface area contributed by atoms with E-state index in [9.17, 15) is 9.18 Å². The van der Waals surface area contributed by atoms with E-state index in [1.807, 2.05) is 13.8 Å². The lowest BCUT2D eigenvalue weighted by Gasteiger charge is -2.12. The molecule has 0 N–H and O–H groups in total. The molecule has 5 heteroatoms. The molecule has 0 aliphatic carbocycles. The number of halogens is 2. The summed E-state index contributed by atoms with van der Waals surface area (Å²) in [7, 11) is 0. The number of carbonyl (C=O) groups is 1. The molecule has 0 aliphatic heterocycles. The van der Waals surface area contributed by atoms with Gasteiger partial charge in [0.1, 0.15) is 5.82 Å². The Labute approximate surface area is 115 Å². The van der Waals surface area contributed by atoms with Crippen LogP contribution in [-0.2, 0) is 0 Å². The number of nitrogens with zero attached hydrogens (tertiary/aromatic N) is 2. The predicted octanol–water partition coefficient (Wildman–Crippen LogP) is 3.87. The topological polar surface area (TPSA) is 42.9 Å². The van der Waals surface area contributed by atoms with Crippen molar-refractivity contribution in [1.82, 2.24) is 9.97 Å². The number of carbonyl (C=O) groups excluding carboxylic acids is 1. The van der Waals surface area contributed by atoms with Crippen LogP contribution in [0.3, 0.4) is 0 Å². The Hall–Kier alpha value is -1.81. The summed E-state index contributed by atoms with van der Waals surface area (Å²) in [6, 6.07) is 5.75. The zero-order valence-corrected chi connectivity index (χ0v) is 11.3. The van der Waals surface area contributed by atoms with Crippen LogP contribution in [0.15, 0.2) is 24.3 Å². The lowest BCUT2D eigenvalue weighted by Crippen LogP contribution is -2.05. The summed E-state index contributed by atoms with van der Waals surface area (Å²) in [5.41, 5.74) is 2.05. The molecule has 98 valence electrons. The van der Waals surface area contributed by atoms with Crippen LogP contribution in [0.5, 0.6) is 0 Å². The second kappa shape index (κ2) is 5.45. The molecule has 0 saturated heterocycles. The third kappa shape index (κ3) is 2.79. The third-order valence-electron chi connectivity index (χ3n) is 2.73. The highest BCUT2D eigenvalue weighted by Gasteiger charge is 2.17. The van der Waals surface area contributed by atoms with E-state index < -0.39 is 0 Å². The maximum absolute atomic E-state index is 12.9. The Morgan fingerprint density at radius 1 is 1.21 bits per heavy atom. The minimum atomic E-state index is -0.347. The van der Waals surface area contributed by atoms with E-state index in [1.54, 1.807) is 12.1 Å². The number of aromatic nitrogens is 2. The van der Waals surface area contributed by atoms with Gasteiger partial charge >= 0.3 is 0 Å². The van der Waals surface area contributed by atoms with E-state index >= 15 is 0 Å². The van der Waals surface area contributed by atoms with Gasteiger partial charge in [0.2, 0.25) is 5.28 Å². The van der Waals surface area contributed by atoms with Crippen LogP contribution in [0.4, 0.5) is 4.39 Å². The first-order valence-electron chi connectivity index (χ1n) is 5.81. The van der Waals surface area contributed by atoms with Crippen molar-refractivity contribution in [3.63, 3.8) is 0 Å². The Kier molecular flexibility index (Phi) is 3.90. The smallest absolute Gasteiger partial charge is 0.223 e. The molecule has 0 spiro atoms. The van der Waals surface area contributed by atoms with Gasteiger partial charge in [-0.2, -0.15) is 0 Å². The van der Waals surface area contributed by atoms with Crippen LogP contribution in [0, 0.1) is 5.82 Å². The van der Waals surface area contributed by atoms with Gasteiger partial charge in [-0.1, -0.05) is 13.8 Å². The van der Waals surface area contributed by atoms with Gasteiger partial charge in [-0.05, 0) is 41.8 Å². The fraction of sp³-hybridized carbons (Fsp3) is 0.214. The fourth-order valence-electron chi connectivity index (χ4n) is 1.84. The van der Waals surface area contributed by atoms with Crippen molar-refractivity contribution in [3.05, 3.63) is 46.6 Å². The van der Waals surface area contributed by atoms with Crippen molar-refractivity contribution >= 4 is 17.9 Å². The van der Waals surface area contributed by atoms with E-state index in [4.69, 9.17) is 11.6 Å². The molecule has 2 rings (SSSR count). The second-order valence-corrected chi connectivity index (χ2v) is 4.76. The molecular formula is C14H12ClFN2O. The number of hydrogen-bond donors (Lipinski definition) is 0. The molecule has 1 aromatic carbocycles. The maximum Gasteiger partial charge on any atom is 0.223 e. The Balaban J connectivity index is 2.68. The van der Waals surface area contributed by atoms with Gasteiger partial charge in [0.05, 0.1) is 17.0 Å². The summed E-state index contributed by atoms with van der Waals surface area (Å²) in [6.07, 6.45) is 0.713. The molecule has 0 unspecified atom stereocenters. The van der Waals surface area contributed by atoms with E-state index in [1.165, 1.54) is 12.1 Å². The summed E-state index contributed by atoms with van der Waals surface area (Å²) in [5.74, 6) is -0.305. The summed E-state index contributed by atoms with van der Waals surface area (Å²) < 4.78 is 12.9. The Morgan fingerprint density at radius 3 is 2.37 bits per heavy atom. The molecule has 1 aromatic heterocycles. The zero-order valence-electron chi connectivity index (χ0n) is 10.5. The summed E-state index contributed by atoms with van der Waals surface area (Å²) in [5, 5.41) is 0.0774. The van der Waals surface area contributed by atoms with Gasteiger partial charge in [0.25, 0.3) is 0 Å². The van der Waals surface area contributed by atoms with Crippen molar-refractivity contribution in [3.8, 4) is 11.3 Å². The van der Waals surface area contributed by atoms with Gasteiger partial charge in [-0.15, -0.1) is 0 Å². The van der Waals surface area contributed by atoms with Crippen molar-refractivity contribution in [2.75, 3.05) is 0 Å². The van der Waals surface area contributed by atoms with Gasteiger partial charge in [-0.25, -0.2) is 14.4 Å². The van der Waals surface area contributed by atoms with E-state index in [2.05, 4.69) is 9.97 Å². The monoisotopic (exact) mass is 278 g/mol. The van der Waals surface area contributed by atoms with E-state index in [0.717, 1.165) is 0 Å². The molecule has 19 heavy (non-hydrogen) atoms. The van der Waals surface area contributed by atoms with Crippen molar-refractivity contribution in [1.29, 1.82) is 0 Å². The van der Waals surface area contributed by atoms with Crippen molar-refractivity contribution in [2.45, 2.75) is 19.8 Å². The summed E-state index contributed by atoms with van der Waals surface area (Å²) >= 11 is 5.89. The molecule has 0 bridgehead atoms. The van der Waals surface area contributed by atoms with E-state index in [-0.39, 0.29) is 17.0 Å². The second-order valence-electron chi connectivity index (χ2n) is 4.42. The normalized spacial score (nSPS) is 10.8. The molecule has 1 heterocycles. The molecule has 0 aliphatic rings. The average molecular weight is 279 g/mol. The van der Waals surface area contributed by atoms with Crippen LogP contribution >= 0.6 is 11.6 Å². The number of rotatable bonds is 3. The first-order chi connectivity index (χ1) is 9.02. The molecular weight excluding hydrogens is 267 g/mol. The standard InChI is InChI=1S/C14H12ClFN2O/c1-8(2)12-11(7-19)13(18-14(15)17-12)9-3-5-10(16)6-4-9/h3-8H,1-2H3. The highest BCUT2D eigenvalue weighted by molar-refractivity contribution is 6.28. The lowest BCUT2D eigenvalue weighted by molar-refractivity contribution is 0.112. The quantitative estimate of drug-likeness (QED) is 0.632. The summed E-state index contributed by atoms with van der Waals surface area (Å²) in [4.78, 5) is 19.5. The van der Waals surface area contributed by atoms with Crippen LogP contribution in [0.2, 0.25) is 5.28 Å². The minimum Gasteiger partial charge on any atom is -0.298 e. The zero-order chi connectivity index (χ0) is 14.0. The average Bonchev–Trinajstić information content (AvgIpc) is 2.38. The molecule has 0 fully saturated rings. The third-order valence-corrected chi connectivity index (χ3v) is 2.90. The Bertz CT molecular complexity index is 612. The van der Waals surface area contributed by atoms with Gasteiger partial charge in [0, 0.05) is 5.56 Å². The first kappa shape index (κ1) is 13.6. The van der Waals surface area contributed by atoms with Crippen LogP contribution in [-0.4, -0.2) is 16.3 Å². The molecule has 0 atom stereocenters. The molecule has 0 radical (unpaired) electrons. The highest BCUT2D eigenvalue weighted by Crippen LogP contribution is 2.27. The first-order valence-corrected chi connectivity index (χ1v) is 6.19. The predicted molar refractivity (Wildman–Crippen MR) is 71.9 cm³/mol. The Morgan fingerprint density at radius 2 is 1.84 bits per heavy atom. The number of hydrogen-bond acceptors (Lipinski definition) is 3. The molecule has 0 saturated carbocycles. The molecule has 2 aromatic rings. The lowest BCUT2D eigenvalue weighted by atomic mass is 9.99. The summed E-state index contributed by atoms with van der Waals surface area (Å²) in [6.45, 7) is 3.83. The minimum absolute atomic E-state index is 0.0416.